The van der Waals surface area contributed by atoms with Crippen LogP contribution in [-0.4, -0.2) is 12.6 Å². The number of halogens is 3. The molecule has 1 aliphatic carbocycles. The van der Waals surface area contributed by atoms with Gasteiger partial charge in [-0.05, 0) is 68.7 Å². The van der Waals surface area contributed by atoms with E-state index in [9.17, 15) is 18.0 Å². The smallest absolute Gasteiger partial charge is 0.314 e. The van der Waals surface area contributed by atoms with Crippen molar-refractivity contribution in [1.29, 1.82) is 0 Å². The first kappa shape index (κ1) is 23.9. The Morgan fingerprint density at radius 3 is 2.26 bits per heavy atom. The van der Waals surface area contributed by atoms with Crippen molar-refractivity contribution in [2.75, 3.05) is 6.61 Å². The third-order valence-electron chi connectivity index (χ3n) is 6.40. The van der Waals surface area contributed by atoms with Gasteiger partial charge in [0.1, 0.15) is 5.75 Å². The van der Waals surface area contributed by atoms with Crippen molar-refractivity contribution in [1.82, 2.24) is 0 Å². The molecule has 0 heterocycles. The SMILES string of the molecule is CCOc1ccc(OC(=O)C2CCC(c3ccc(-c4ccc(C)cc4)c(F)c3F)CC2)c(F)c1. The van der Waals surface area contributed by atoms with Crippen LogP contribution in [0.4, 0.5) is 13.2 Å². The number of carbonyl (C=O) groups is 1. The molecule has 0 aromatic heterocycles. The van der Waals surface area contributed by atoms with Gasteiger partial charge in [-0.25, -0.2) is 13.2 Å². The van der Waals surface area contributed by atoms with E-state index >= 15 is 0 Å². The molecule has 1 saturated carbocycles. The van der Waals surface area contributed by atoms with Crippen molar-refractivity contribution in [2.45, 2.75) is 45.4 Å². The summed E-state index contributed by atoms with van der Waals surface area (Å²) in [5, 5.41) is 0. The first-order valence-electron chi connectivity index (χ1n) is 11.6. The maximum absolute atomic E-state index is 15.0. The molecule has 178 valence electrons. The molecule has 0 unspecified atom stereocenters. The summed E-state index contributed by atoms with van der Waals surface area (Å²) in [4.78, 5) is 12.6. The van der Waals surface area contributed by atoms with E-state index in [4.69, 9.17) is 9.47 Å². The fourth-order valence-electron chi connectivity index (χ4n) is 4.49. The molecular weight excluding hydrogens is 441 g/mol. The molecule has 3 nitrogen and oxygen atoms in total. The van der Waals surface area contributed by atoms with Gasteiger partial charge in [-0.1, -0.05) is 42.0 Å². The average molecular weight is 469 g/mol. The zero-order valence-electron chi connectivity index (χ0n) is 19.2. The lowest BCUT2D eigenvalue weighted by atomic mass is 9.78. The second-order valence-electron chi connectivity index (χ2n) is 8.69. The summed E-state index contributed by atoms with van der Waals surface area (Å²) in [6.45, 7) is 4.13. The quantitative estimate of drug-likeness (QED) is 0.280. The standard InChI is InChI=1S/C28H27F3O3/c1-3-33-21-12-15-25(24(29)16-21)34-28(32)20-10-8-19(9-11-20)23-14-13-22(26(30)27(23)31)18-6-4-17(2)5-7-18/h4-7,12-16,19-20H,3,8-11H2,1-2H3. The molecule has 0 bridgehead atoms. The van der Waals surface area contributed by atoms with Crippen LogP contribution < -0.4 is 9.47 Å². The van der Waals surface area contributed by atoms with Crippen LogP contribution in [0.3, 0.4) is 0 Å². The van der Waals surface area contributed by atoms with Crippen molar-refractivity contribution < 1.29 is 27.4 Å². The number of benzene rings is 3. The average Bonchev–Trinajstić information content (AvgIpc) is 2.83. The Hall–Kier alpha value is -3.28. The predicted molar refractivity (Wildman–Crippen MR) is 124 cm³/mol. The minimum atomic E-state index is -0.853. The van der Waals surface area contributed by atoms with E-state index in [2.05, 4.69) is 0 Å². The minimum Gasteiger partial charge on any atom is -0.494 e. The van der Waals surface area contributed by atoms with Gasteiger partial charge in [0, 0.05) is 11.6 Å². The Morgan fingerprint density at radius 1 is 0.912 bits per heavy atom. The molecule has 0 N–H and O–H groups in total. The van der Waals surface area contributed by atoms with Crippen LogP contribution in [-0.2, 0) is 4.79 Å². The van der Waals surface area contributed by atoms with Gasteiger partial charge in [0.25, 0.3) is 0 Å². The highest BCUT2D eigenvalue weighted by Crippen LogP contribution is 2.39. The van der Waals surface area contributed by atoms with E-state index < -0.39 is 29.3 Å². The van der Waals surface area contributed by atoms with Crippen LogP contribution >= 0.6 is 0 Å². The van der Waals surface area contributed by atoms with E-state index in [1.54, 1.807) is 37.3 Å². The summed E-state index contributed by atoms with van der Waals surface area (Å²) in [7, 11) is 0. The molecular formula is C28H27F3O3. The number of ether oxygens (including phenoxy) is 2. The maximum atomic E-state index is 15.0. The lowest BCUT2D eigenvalue weighted by molar-refractivity contribution is -0.140. The van der Waals surface area contributed by atoms with Crippen LogP contribution in [0.5, 0.6) is 11.5 Å². The Balaban J connectivity index is 1.40. The fourth-order valence-corrected chi connectivity index (χ4v) is 4.49. The Kier molecular flexibility index (Phi) is 7.25. The summed E-state index contributed by atoms with van der Waals surface area (Å²) in [5.74, 6) is -3.25. The molecule has 3 aromatic rings. The number of carbonyl (C=O) groups excluding carboxylic acids is 1. The van der Waals surface area contributed by atoms with E-state index in [1.807, 2.05) is 19.1 Å². The van der Waals surface area contributed by atoms with Gasteiger partial charge < -0.3 is 9.47 Å². The summed E-state index contributed by atoms with van der Waals surface area (Å²) in [6.07, 6.45) is 1.96. The Labute approximate surface area is 197 Å². The van der Waals surface area contributed by atoms with Crippen LogP contribution in [0.25, 0.3) is 11.1 Å². The molecule has 6 heteroatoms. The molecule has 1 aliphatic rings. The van der Waals surface area contributed by atoms with E-state index in [0.717, 1.165) is 5.56 Å². The molecule has 34 heavy (non-hydrogen) atoms. The number of aryl methyl sites for hydroxylation is 1. The van der Waals surface area contributed by atoms with Gasteiger partial charge in [-0.15, -0.1) is 0 Å². The van der Waals surface area contributed by atoms with Crippen LogP contribution in [0.1, 0.15) is 49.7 Å². The molecule has 1 fully saturated rings. The largest absolute Gasteiger partial charge is 0.494 e. The third kappa shape index (κ3) is 5.11. The van der Waals surface area contributed by atoms with Crippen molar-refractivity contribution in [2.24, 2.45) is 5.92 Å². The first-order valence-corrected chi connectivity index (χ1v) is 11.6. The van der Waals surface area contributed by atoms with Gasteiger partial charge >= 0.3 is 5.97 Å². The summed E-state index contributed by atoms with van der Waals surface area (Å²) in [6, 6.07) is 14.6. The zero-order chi connectivity index (χ0) is 24.2. The predicted octanol–water partition coefficient (Wildman–Crippen LogP) is 7.36. The Morgan fingerprint density at radius 2 is 1.62 bits per heavy atom. The van der Waals surface area contributed by atoms with Crippen LogP contribution in [0.2, 0.25) is 0 Å². The molecule has 3 aromatic carbocycles. The van der Waals surface area contributed by atoms with Crippen molar-refractivity contribution in [3.05, 3.63) is 83.2 Å². The molecule has 0 atom stereocenters. The Bertz CT molecular complexity index is 1170. The third-order valence-corrected chi connectivity index (χ3v) is 6.40. The molecule has 0 amide bonds. The molecule has 0 radical (unpaired) electrons. The summed E-state index contributed by atoms with van der Waals surface area (Å²) >= 11 is 0. The van der Waals surface area contributed by atoms with E-state index in [1.165, 1.54) is 12.1 Å². The van der Waals surface area contributed by atoms with Crippen molar-refractivity contribution in [3.8, 4) is 22.6 Å². The van der Waals surface area contributed by atoms with Gasteiger partial charge in [-0.2, -0.15) is 0 Å². The molecule has 0 saturated heterocycles. The van der Waals surface area contributed by atoms with Gasteiger partial charge in [0.2, 0.25) is 0 Å². The first-order chi connectivity index (χ1) is 16.4. The van der Waals surface area contributed by atoms with Crippen molar-refractivity contribution >= 4 is 5.97 Å². The van der Waals surface area contributed by atoms with Gasteiger partial charge in [-0.3, -0.25) is 4.79 Å². The number of rotatable bonds is 6. The summed E-state index contributed by atoms with van der Waals surface area (Å²) < 4.78 is 54.6. The molecule has 0 spiro atoms. The summed E-state index contributed by atoms with van der Waals surface area (Å²) in [5.41, 5.74) is 2.23. The minimum absolute atomic E-state index is 0.143. The normalized spacial score (nSPS) is 17.9. The van der Waals surface area contributed by atoms with Crippen LogP contribution in [0, 0.1) is 30.3 Å². The van der Waals surface area contributed by atoms with E-state index in [0.29, 0.717) is 49.2 Å². The van der Waals surface area contributed by atoms with Crippen molar-refractivity contribution in [3.63, 3.8) is 0 Å². The second-order valence-corrected chi connectivity index (χ2v) is 8.69. The highest BCUT2D eigenvalue weighted by molar-refractivity contribution is 5.75. The zero-order valence-corrected chi connectivity index (χ0v) is 19.2. The number of esters is 1. The van der Waals surface area contributed by atoms with E-state index in [-0.39, 0.29) is 17.2 Å². The topological polar surface area (TPSA) is 35.5 Å². The highest BCUT2D eigenvalue weighted by atomic mass is 19.2. The van der Waals surface area contributed by atoms with Gasteiger partial charge in [0.15, 0.2) is 23.2 Å². The monoisotopic (exact) mass is 468 g/mol. The number of hydrogen-bond acceptors (Lipinski definition) is 3. The second kappa shape index (κ2) is 10.3. The highest BCUT2D eigenvalue weighted by Gasteiger charge is 2.31. The lowest BCUT2D eigenvalue weighted by Crippen LogP contribution is -2.25. The lowest BCUT2D eigenvalue weighted by Gasteiger charge is -2.28. The maximum Gasteiger partial charge on any atom is 0.314 e. The molecule has 0 aliphatic heterocycles. The van der Waals surface area contributed by atoms with Gasteiger partial charge in [0.05, 0.1) is 12.5 Å². The molecule has 4 rings (SSSR count). The van der Waals surface area contributed by atoms with Crippen LogP contribution in [0.15, 0.2) is 54.6 Å². The fraction of sp³-hybridized carbons (Fsp3) is 0.321. The number of hydrogen-bond donors (Lipinski definition) is 0.